The maximum absolute atomic E-state index is 10.2. The number of nitrogens with zero attached hydrogens (tertiary/aromatic N) is 2. The molecule has 5 heteroatoms. The highest BCUT2D eigenvalue weighted by atomic mass is 79.9. The molecule has 2 aromatic rings. The van der Waals surface area contributed by atoms with Crippen LogP contribution in [0.15, 0.2) is 27.5 Å². The fourth-order valence-electron chi connectivity index (χ4n) is 2.67. The number of hydrogen-bond donors (Lipinski definition) is 1. The third-order valence-electron chi connectivity index (χ3n) is 3.74. The molecule has 2 heterocycles. The lowest BCUT2D eigenvalue weighted by Gasteiger charge is -2.09. The second kappa shape index (κ2) is 5.77. The molecule has 0 radical (unpaired) electrons. The monoisotopic (exact) mass is 340 g/mol. The van der Waals surface area contributed by atoms with E-state index in [1.165, 1.54) is 25.7 Å². The summed E-state index contributed by atoms with van der Waals surface area (Å²) in [6.07, 6.45) is 7.28. The summed E-state index contributed by atoms with van der Waals surface area (Å²) in [6.45, 7) is 0. The highest BCUT2D eigenvalue weighted by Gasteiger charge is 2.18. The molecule has 1 aliphatic carbocycles. The molecular formula is C14H17BrN2OS. The summed E-state index contributed by atoms with van der Waals surface area (Å²) in [7, 11) is 0. The van der Waals surface area contributed by atoms with E-state index in [1.807, 2.05) is 17.5 Å². The van der Waals surface area contributed by atoms with Crippen molar-refractivity contribution in [2.45, 2.75) is 44.2 Å². The summed E-state index contributed by atoms with van der Waals surface area (Å²) < 4.78 is 3.14. The number of rotatable bonds is 4. The minimum absolute atomic E-state index is 0.463. The number of aliphatic hydroxyl groups is 1. The predicted molar refractivity (Wildman–Crippen MR) is 80.4 cm³/mol. The maximum Gasteiger partial charge on any atom is 0.0854 e. The van der Waals surface area contributed by atoms with E-state index in [0.29, 0.717) is 12.5 Å². The number of aromatic nitrogens is 2. The zero-order valence-corrected chi connectivity index (χ0v) is 13.0. The molecule has 0 aliphatic heterocycles. The van der Waals surface area contributed by atoms with Gasteiger partial charge in [0.05, 0.1) is 21.6 Å². The van der Waals surface area contributed by atoms with Crippen molar-refractivity contribution in [2.24, 2.45) is 0 Å². The van der Waals surface area contributed by atoms with Crippen molar-refractivity contribution in [2.75, 3.05) is 0 Å². The van der Waals surface area contributed by atoms with Gasteiger partial charge in [0.2, 0.25) is 0 Å². The van der Waals surface area contributed by atoms with Gasteiger partial charge in [0, 0.05) is 12.6 Å². The Kier molecular flexibility index (Phi) is 4.05. The summed E-state index contributed by atoms with van der Waals surface area (Å²) in [6, 6.07) is 4.58. The zero-order chi connectivity index (χ0) is 13.2. The van der Waals surface area contributed by atoms with E-state index in [-0.39, 0.29) is 0 Å². The first-order valence-electron chi connectivity index (χ1n) is 6.68. The first kappa shape index (κ1) is 13.3. The Morgan fingerprint density at radius 2 is 2.26 bits per heavy atom. The van der Waals surface area contributed by atoms with Crippen molar-refractivity contribution in [3.8, 4) is 0 Å². The second-order valence-electron chi connectivity index (χ2n) is 5.13. The van der Waals surface area contributed by atoms with Crippen molar-refractivity contribution in [3.63, 3.8) is 0 Å². The molecule has 0 saturated heterocycles. The van der Waals surface area contributed by atoms with E-state index in [4.69, 9.17) is 0 Å². The summed E-state index contributed by atoms with van der Waals surface area (Å²) in [5, 5.41) is 16.8. The largest absolute Gasteiger partial charge is 0.388 e. The van der Waals surface area contributed by atoms with Crippen LogP contribution in [0.1, 0.15) is 49.1 Å². The number of halogens is 1. The average Bonchev–Trinajstić information content (AvgIpc) is 3.07. The summed E-state index contributed by atoms with van der Waals surface area (Å²) in [5.74, 6) is 0. The van der Waals surface area contributed by atoms with Crippen molar-refractivity contribution in [1.29, 1.82) is 0 Å². The van der Waals surface area contributed by atoms with Gasteiger partial charge in [-0.3, -0.25) is 4.68 Å². The normalized spacial score (nSPS) is 18.0. The molecule has 0 aromatic carbocycles. The zero-order valence-electron chi connectivity index (χ0n) is 10.6. The SMILES string of the molecule is OC(Cc1ccn(C2CCCC2)n1)c1csc(Br)c1. The lowest BCUT2D eigenvalue weighted by molar-refractivity contribution is 0.177. The first-order valence-corrected chi connectivity index (χ1v) is 8.35. The summed E-state index contributed by atoms with van der Waals surface area (Å²) in [4.78, 5) is 0. The van der Waals surface area contributed by atoms with Crippen LogP contribution in [0.5, 0.6) is 0 Å². The van der Waals surface area contributed by atoms with Crippen molar-refractivity contribution < 1.29 is 5.11 Å². The predicted octanol–water partition coefficient (Wildman–Crippen LogP) is 4.10. The van der Waals surface area contributed by atoms with E-state index < -0.39 is 6.10 Å². The lowest BCUT2D eigenvalue weighted by Crippen LogP contribution is -2.07. The Balaban J connectivity index is 1.66. The van der Waals surface area contributed by atoms with E-state index in [0.717, 1.165) is 15.0 Å². The molecule has 2 aromatic heterocycles. The van der Waals surface area contributed by atoms with Gasteiger partial charge < -0.3 is 5.11 Å². The minimum atomic E-state index is -0.463. The van der Waals surface area contributed by atoms with Gasteiger partial charge in [-0.15, -0.1) is 11.3 Å². The lowest BCUT2D eigenvalue weighted by atomic mass is 10.1. The van der Waals surface area contributed by atoms with E-state index in [9.17, 15) is 5.11 Å². The fourth-order valence-corrected chi connectivity index (χ4v) is 3.90. The molecule has 102 valence electrons. The van der Waals surface area contributed by atoms with Crippen LogP contribution < -0.4 is 0 Å². The van der Waals surface area contributed by atoms with Crippen LogP contribution >= 0.6 is 27.3 Å². The smallest absolute Gasteiger partial charge is 0.0854 e. The van der Waals surface area contributed by atoms with E-state index >= 15 is 0 Å². The van der Waals surface area contributed by atoms with Gasteiger partial charge in [0.15, 0.2) is 0 Å². The fraction of sp³-hybridized carbons (Fsp3) is 0.500. The van der Waals surface area contributed by atoms with Crippen LogP contribution in [-0.4, -0.2) is 14.9 Å². The van der Waals surface area contributed by atoms with Crippen LogP contribution in [0.2, 0.25) is 0 Å². The molecule has 1 fully saturated rings. The quantitative estimate of drug-likeness (QED) is 0.909. The first-order chi connectivity index (χ1) is 9.22. The van der Waals surface area contributed by atoms with Crippen LogP contribution in [0, 0.1) is 0 Å². The van der Waals surface area contributed by atoms with Crippen LogP contribution in [0.25, 0.3) is 0 Å². The second-order valence-corrected chi connectivity index (χ2v) is 7.42. The molecule has 19 heavy (non-hydrogen) atoms. The Labute approximate surface area is 125 Å². The molecule has 0 bridgehead atoms. The average molecular weight is 341 g/mol. The van der Waals surface area contributed by atoms with Crippen LogP contribution in [0.3, 0.4) is 0 Å². The van der Waals surface area contributed by atoms with Gasteiger partial charge >= 0.3 is 0 Å². The molecule has 0 spiro atoms. The Morgan fingerprint density at radius 3 is 2.95 bits per heavy atom. The van der Waals surface area contributed by atoms with Gasteiger partial charge in [0.1, 0.15) is 0 Å². The summed E-state index contributed by atoms with van der Waals surface area (Å²) >= 11 is 5.02. The third-order valence-corrected chi connectivity index (χ3v) is 5.26. The highest BCUT2D eigenvalue weighted by Crippen LogP contribution is 2.30. The van der Waals surface area contributed by atoms with E-state index in [2.05, 4.69) is 31.9 Å². The van der Waals surface area contributed by atoms with Gasteiger partial charge in [-0.25, -0.2) is 0 Å². The van der Waals surface area contributed by atoms with Crippen LogP contribution in [0.4, 0.5) is 0 Å². The number of hydrogen-bond acceptors (Lipinski definition) is 3. The molecule has 1 N–H and O–H groups in total. The minimum Gasteiger partial charge on any atom is -0.388 e. The number of aliphatic hydroxyl groups excluding tert-OH is 1. The van der Waals surface area contributed by atoms with Gasteiger partial charge in [0.25, 0.3) is 0 Å². The molecular weight excluding hydrogens is 324 g/mol. The standard InChI is InChI=1S/C14H17BrN2OS/c15-14-7-10(9-19-14)13(18)8-11-5-6-17(16-11)12-3-1-2-4-12/h5-7,9,12-13,18H,1-4,8H2. The summed E-state index contributed by atoms with van der Waals surface area (Å²) in [5.41, 5.74) is 1.94. The molecule has 3 nitrogen and oxygen atoms in total. The third kappa shape index (κ3) is 3.09. The van der Waals surface area contributed by atoms with Crippen molar-refractivity contribution in [1.82, 2.24) is 9.78 Å². The van der Waals surface area contributed by atoms with Crippen molar-refractivity contribution >= 4 is 27.3 Å². The van der Waals surface area contributed by atoms with Crippen LogP contribution in [-0.2, 0) is 6.42 Å². The molecule has 3 rings (SSSR count). The Bertz CT molecular complexity index is 545. The molecule has 0 amide bonds. The Morgan fingerprint density at radius 1 is 1.47 bits per heavy atom. The highest BCUT2D eigenvalue weighted by molar-refractivity contribution is 9.11. The number of thiophene rings is 1. The topological polar surface area (TPSA) is 38.0 Å². The van der Waals surface area contributed by atoms with E-state index in [1.54, 1.807) is 11.3 Å². The molecule has 1 aliphatic rings. The Hall–Kier alpha value is -0.650. The molecule has 1 unspecified atom stereocenters. The molecule has 1 saturated carbocycles. The van der Waals surface area contributed by atoms with Gasteiger partial charge in [-0.2, -0.15) is 5.10 Å². The molecule has 1 atom stereocenters. The van der Waals surface area contributed by atoms with Gasteiger partial charge in [-0.1, -0.05) is 12.8 Å². The van der Waals surface area contributed by atoms with Gasteiger partial charge in [-0.05, 0) is 51.8 Å². The van der Waals surface area contributed by atoms with Crippen molar-refractivity contribution in [3.05, 3.63) is 38.8 Å². The maximum atomic E-state index is 10.2.